The van der Waals surface area contributed by atoms with Gasteiger partial charge in [-0.2, -0.15) is 0 Å². The second-order valence-corrected chi connectivity index (χ2v) is 8.90. The summed E-state index contributed by atoms with van der Waals surface area (Å²) in [7, 11) is -3.15. The van der Waals surface area contributed by atoms with Gasteiger partial charge in [-0.3, -0.25) is 0 Å². The van der Waals surface area contributed by atoms with Crippen LogP contribution in [-0.4, -0.2) is 27.3 Å². The van der Waals surface area contributed by atoms with Gasteiger partial charge in [0.15, 0.2) is 9.84 Å². The highest BCUT2D eigenvalue weighted by atomic mass is 35.5. The summed E-state index contributed by atoms with van der Waals surface area (Å²) in [5.74, 6) is 0.115. The SMILES string of the molecule is CCS(=O)(=O)c1ccc(CNc2c(Cl)ccc3c2CCNCC3)cc1. The van der Waals surface area contributed by atoms with Crippen LogP contribution in [0.25, 0.3) is 0 Å². The van der Waals surface area contributed by atoms with Gasteiger partial charge >= 0.3 is 0 Å². The summed E-state index contributed by atoms with van der Waals surface area (Å²) in [4.78, 5) is 0.372. The van der Waals surface area contributed by atoms with E-state index in [1.807, 2.05) is 18.2 Å². The van der Waals surface area contributed by atoms with Crippen molar-refractivity contribution in [2.75, 3.05) is 24.2 Å². The summed E-state index contributed by atoms with van der Waals surface area (Å²) in [6.07, 6.45) is 1.96. The van der Waals surface area contributed by atoms with E-state index < -0.39 is 9.84 Å². The molecule has 0 unspecified atom stereocenters. The molecular weight excluding hydrogens is 356 g/mol. The standard InChI is InChI=1S/C19H23ClN2O2S/c1-2-25(23,24)16-6-3-14(4-7-16)13-22-19-17-10-12-21-11-9-15(17)5-8-18(19)20/h3-8,21-22H,2,9-13H2,1H3. The van der Waals surface area contributed by atoms with Crippen molar-refractivity contribution in [3.63, 3.8) is 0 Å². The van der Waals surface area contributed by atoms with Crippen molar-refractivity contribution < 1.29 is 8.42 Å². The molecule has 134 valence electrons. The monoisotopic (exact) mass is 378 g/mol. The Bertz CT molecular complexity index is 848. The lowest BCUT2D eigenvalue weighted by atomic mass is 10.0. The Balaban J connectivity index is 1.78. The Morgan fingerprint density at radius 2 is 1.80 bits per heavy atom. The summed E-state index contributed by atoms with van der Waals surface area (Å²) < 4.78 is 23.8. The fraction of sp³-hybridized carbons (Fsp3) is 0.368. The van der Waals surface area contributed by atoms with Gasteiger partial charge in [0.05, 0.1) is 21.4 Å². The zero-order valence-corrected chi connectivity index (χ0v) is 15.9. The Morgan fingerprint density at radius 3 is 2.52 bits per heavy atom. The second kappa shape index (κ2) is 7.77. The van der Waals surface area contributed by atoms with E-state index >= 15 is 0 Å². The average molecular weight is 379 g/mol. The number of anilines is 1. The van der Waals surface area contributed by atoms with E-state index in [2.05, 4.69) is 16.7 Å². The number of halogens is 1. The summed E-state index contributed by atoms with van der Waals surface area (Å²) in [5, 5.41) is 7.59. The molecule has 2 aromatic rings. The summed E-state index contributed by atoms with van der Waals surface area (Å²) in [6, 6.07) is 11.1. The van der Waals surface area contributed by atoms with Crippen LogP contribution in [0.1, 0.15) is 23.6 Å². The van der Waals surface area contributed by atoms with Gasteiger partial charge in [-0.15, -0.1) is 0 Å². The van der Waals surface area contributed by atoms with Crippen LogP contribution in [-0.2, 0) is 29.2 Å². The Morgan fingerprint density at radius 1 is 1.08 bits per heavy atom. The van der Waals surface area contributed by atoms with Crippen LogP contribution in [0.3, 0.4) is 0 Å². The van der Waals surface area contributed by atoms with Crippen molar-refractivity contribution >= 4 is 27.1 Å². The van der Waals surface area contributed by atoms with Crippen LogP contribution < -0.4 is 10.6 Å². The predicted molar refractivity (Wildman–Crippen MR) is 103 cm³/mol. The molecule has 0 aromatic heterocycles. The van der Waals surface area contributed by atoms with Crippen molar-refractivity contribution in [3.05, 3.63) is 58.1 Å². The molecule has 0 atom stereocenters. The van der Waals surface area contributed by atoms with Crippen molar-refractivity contribution in [1.82, 2.24) is 5.32 Å². The lowest BCUT2D eigenvalue weighted by Gasteiger charge is -2.16. The minimum absolute atomic E-state index is 0.115. The third-order valence-corrected chi connectivity index (χ3v) is 6.68. The first-order valence-electron chi connectivity index (χ1n) is 8.58. The average Bonchev–Trinajstić information content (AvgIpc) is 2.87. The highest BCUT2D eigenvalue weighted by Crippen LogP contribution is 2.31. The van der Waals surface area contributed by atoms with Crippen molar-refractivity contribution in [2.45, 2.75) is 31.2 Å². The van der Waals surface area contributed by atoms with Crippen molar-refractivity contribution in [3.8, 4) is 0 Å². The van der Waals surface area contributed by atoms with Crippen LogP contribution in [0.15, 0.2) is 41.3 Å². The molecule has 0 spiro atoms. The largest absolute Gasteiger partial charge is 0.380 e. The fourth-order valence-electron chi connectivity index (χ4n) is 3.11. The predicted octanol–water partition coefficient (Wildman–Crippen LogP) is 3.43. The lowest BCUT2D eigenvalue weighted by Crippen LogP contribution is -2.16. The van der Waals surface area contributed by atoms with E-state index in [0.717, 1.165) is 42.2 Å². The zero-order chi connectivity index (χ0) is 17.9. The molecule has 25 heavy (non-hydrogen) atoms. The summed E-state index contributed by atoms with van der Waals surface area (Å²) in [5.41, 5.74) is 4.63. The van der Waals surface area contributed by atoms with E-state index in [1.54, 1.807) is 19.1 Å². The lowest BCUT2D eigenvalue weighted by molar-refractivity contribution is 0.597. The molecule has 0 aliphatic carbocycles. The minimum atomic E-state index is -3.15. The van der Waals surface area contributed by atoms with Gasteiger partial charge < -0.3 is 10.6 Å². The third-order valence-electron chi connectivity index (χ3n) is 4.61. The molecule has 0 saturated heterocycles. The molecule has 0 fully saturated rings. The second-order valence-electron chi connectivity index (χ2n) is 6.21. The Hall–Kier alpha value is -1.56. The van der Waals surface area contributed by atoms with Gasteiger partial charge in [-0.25, -0.2) is 8.42 Å². The van der Waals surface area contributed by atoms with Crippen LogP contribution in [0, 0.1) is 0 Å². The van der Waals surface area contributed by atoms with Crippen LogP contribution >= 0.6 is 11.6 Å². The van der Waals surface area contributed by atoms with Crippen molar-refractivity contribution in [1.29, 1.82) is 0 Å². The Kier molecular flexibility index (Phi) is 5.67. The van der Waals surface area contributed by atoms with E-state index in [4.69, 9.17) is 11.6 Å². The topological polar surface area (TPSA) is 58.2 Å². The number of sulfone groups is 1. The molecular formula is C19H23ClN2O2S. The minimum Gasteiger partial charge on any atom is -0.380 e. The van der Waals surface area contributed by atoms with Crippen LogP contribution in [0.2, 0.25) is 5.02 Å². The van der Waals surface area contributed by atoms with Crippen molar-refractivity contribution in [2.24, 2.45) is 0 Å². The smallest absolute Gasteiger partial charge is 0.178 e. The fourth-order valence-corrected chi connectivity index (χ4v) is 4.23. The molecule has 0 amide bonds. The van der Waals surface area contributed by atoms with E-state index in [-0.39, 0.29) is 5.75 Å². The first-order valence-corrected chi connectivity index (χ1v) is 10.6. The van der Waals surface area contributed by atoms with Gasteiger partial charge in [0.1, 0.15) is 0 Å². The highest BCUT2D eigenvalue weighted by Gasteiger charge is 2.15. The third kappa shape index (κ3) is 4.17. The Labute approximate surface area is 154 Å². The molecule has 1 aliphatic heterocycles. The first-order chi connectivity index (χ1) is 12.0. The van der Waals surface area contributed by atoms with E-state index in [9.17, 15) is 8.42 Å². The summed E-state index contributed by atoms with van der Waals surface area (Å²) >= 11 is 6.42. The number of hydrogen-bond acceptors (Lipinski definition) is 4. The number of nitrogens with one attached hydrogen (secondary N) is 2. The van der Waals surface area contributed by atoms with Gasteiger partial charge in [-0.1, -0.05) is 36.7 Å². The van der Waals surface area contributed by atoms with E-state index in [1.165, 1.54) is 11.1 Å². The molecule has 2 aromatic carbocycles. The van der Waals surface area contributed by atoms with Crippen LogP contribution in [0.5, 0.6) is 0 Å². The van der Waals surface area contributed by atoms with Gasteiger partial charge in [-0.05, 0) is 60.8 Å². The normalized spacial score (nSPS) is 14.6. The molecule has 2 N–H and O–H groups in total. The van der Waals surface area contributed by atoms with Gasteiger partial charge in [0.2, 0.25) is 0 Å². The van der Waals surface area contributed by atoms with E-state index in [0.29, 0.717) is 11.4 Å². The molecule has 0 radical (unpaired) electrons. The quantitative estimate of drug-likeness (QED) is 0.836. The molecule has 1 heterocycles. The van der Waals surface area contributed by atoms with Gasteiger partial charge in [0.25, 0.3) is 0 Å². The molecule has 0 bridgehead atoms. The molecule has 0 saturated carbocycles. The highest BCUT2D eigenvalue weighted by molar-refractivity contribution is 7.91. The maximum Gasteiger partial charge on any atom is 0.178 e. The first kappa shape index (κ1) is 18.2. The number of fused-ring (bicyclic) bond motifs is 1. The van der Waals surface area contributed by atoms with Gasteiger partial charge in [0, 0.05) is 6.54 Å². The molecule has 4 nitrogen and oxygen atoms in total. The maximum absolute atomic E-state index is 11.9. The summed E-state index contributed by atoms with van der Waals surface area (Å²) in [6.45, 7) is 4.20. The van der Waals surface area contributed by atoms with Crippen LogP contribution in [0.4, 0.5) is 5.69 Å². The maximum atomic E-state index is 11.9. The molecule has 1 aliphatic rings. The number of rotatable bonds is 5. The zero-order valence-electron chi connectivity index (χ0n) is 14.3. The molecule has 6 heteroatoms. The number of benzene rings is 2. The number of hydrogen-bond donors (Lipinski definition) is 2. The molecule has 3 rings (SSSR count).